The van der Waals surface area contributed by atoms with Crippen molar-refractivity contribution in [1.82, 2.24) is 20.6 Å². The van der Waals surface area contributed by atoms with Crippen molar-refractivity contribution in [3.63, 3.8) is 0 Å². The molecule has 0 aliphatic rings. The van der Waals surface area contributed by atoms with Crippen LogP contribution in [0.5, 0.6) is 5.88 Å². The Kier molecular flexibility index (Phi) is 6.47. The Bertz CT molecular complexity index is 934. The molecular formula is C21H26FN5O. The summed E-state index contributed by atoms with van der Waals surface area (Å²) in [5.41, 5.74) is 3.05. The lowest BCUT2D eigenvalue weighted by molar-refractivity contribution is 0.232. The SMILES string of the molecule is CN=C(NCCc1c[nH]c2ccc(F)cc12)NCc1ccc(OC(C)C)nc1. The fourth-order valence-corrected chi connectivity index (χ4v) is 2.91. The van der Waals surface area contributed by atoms with Gasteiger partial charge in [-0.1, -0.05) is 6.07 Å². The molecule has 2 aromatic heterocycles. The van der Waals surface area contributed by atoms with Crippen LogP contribution in [0.25, 0.3) is 10.9 Å². The monoisotopic (exact) mass is 383 g/mol. The van der Waals surface area contributed by atoms with Gasteiger partial charge in [0, 0.05) is 49.5 Å². The van der Waals surface area contributed by atoms with Crippen LogP contribution in [0.1, 0.15) is 25.0 Å². The van der Waals surface area contributed by atoms with Crippen LogP contribution in [-0.2, 0) is 13.0 Å². The summed E-state index contributed by atoms with van der Waals surface area (Å²) < 4.78 is 19.0. The molecule has 3 rings (SSSR count). The summed E-state index contributed by atoms with van der Waals surface area (Å²) in [6.07, 6.45) is 4.58. The molecule has 1 aromatic carbocycles. The largest absolute Gasteiger partial charge is 0.475 e. The average molecular weight is 383 g/mol. The first-order valence-electron chi connectivity index (χ1n) is 9.37. The van der Waals surface area contributed by atoms with Gasteiger partial charge in [0.1, 0.15) is 5.82 Å². The Balaban J connectivity index is 1.48. The second-order valence-electron chi connectivity index (χ2n) is 6.78. The molecule has 7 heteroatoms. The van der Waals surface area contributed by atoms with E-state index in [-0.39, 0.29) is 11.9 Å². The molecule has 3 aromatic rings. The summed E-state index contributed by atoms with van der Waals surface area (Å²) in [5.74, 6) is 1.10. The van der Waals surface area contributed by atoms with Crippen molar-refractivity contribution in [3.8, 4) is 5.88 Å². The fourth-order valence-electron chi connectivity index (χ4n) is 2.91. The number of pyridine rings is 1. The Morgan fingerprint density at radius 3 is 2.82 bits per heavy atom. The molecule has 0 atom stereocenters. The van der Waals surface area contributed by atoms with E-state index < -0.39 is 0 Å². The van der Waals surface area contributed by atoms with Crippen LogP contribution < -0.4 is 15.4 Å². The highest BCUT2D eigenvalue weighted by molar-refractivity contribution is 5.83. The highest BCUT2D eigenvalue weighted by Crippen LogP contribution is 2.19. The lowest BCUT2D eigenvalue weighted by atomic mass is 10.1. The van der Waals surface area contributed by atoms with Crippen LogP contribution in [-0.4, -0.2) is 35.6 Å². The van der Waals surface area contributed by atoms with Crippen LogP contribution >= 0.6 is 0 Å². The molecule has 0 aliphatic heterocycles. The van der Waals surface area contributed by atoms with Crippen molar-refractivity contribution in [2.24, 2.45) is 4.99 Å². The molecule has 3 N–H and O–H groups in total. The zero-order valence-corrected chi connectivity index (χ0v) is 16.4. The molecule has 0 spiro atoms. The molecule has 0 fully saturated rings. The third-order valence-electron chi connectivity index (χ3n) is 4.25. The molecule has 0 amide bonds. The minimum Gasteiger partial charge on any atom is -0.475 e. The number of benzene rings is 1. The van der Waals surface area contributed by atoms with Gasteiger partial charge in [0.05, 0.1) is 6.10 Å². The number of nitrogens with one attached hydrogen (secondary N) is 3. The average Bonchev–Trinajstić information content (AvgIpc) is 3.07. The van der Waals surface area contributed by atoms with Gasteiger partial charge in [-0.25, -0.2) is 9.37 Å². The molecular weight excluding hydrogens is 357 g/mol. The van der Waals surface area contributed by atoms with Crippen molar-refractivity contribution >= 4 is 16.9 Å². The first kappa shape index (κ1) is 19.7. The third-order valence-corrected chi connectivity index (χ3v) is 4.25. The summed E-state index contributed by atoms with van der Waals surface area (Å²) >= 11 is 0. The summed E-state index contributed by atoms with van der Waals surface area (Å²) in [7, 11) is 1.73. The maximum Gasteiger partial charge on any atom is 0.213 e. The maximum atomic E-state index is 13.5. The van der Waals surface area contributed by atoms with E-state index in [4.69, 9.17) is 4.74 Å². The Labute approximate surface area is 164 Å². The van der Waals surface area contributed by atoms with Gasteiger partial charge in [-0.2, -0.15) is 0 Å². The molecule has 0 saturated heterocycles. The molecule has 28 heavy (non-hydrogen) atoms. The molecule has 0 saturated carbocycles. The topological polar surface area (TPSA) is 74.3 Å². The van der Waals surface area contributed by atoms with Gasteiger partial charge in [0.25, 0.3) is 0 Å². The molecule has 2 heterocycles. The van der Waals surface area contributed by atoms with E-state index in [1.54, 1.807) is 25.4 Å². The van der Waals surface area contributed by atoms with Gasteiger partial charge in [0.15, 0.2) is 5.96 Å². The number of fused-ring (bicyclic) bond motifs is 1. The molecule has 0 aliphatic carbocycles. The highest BCUT2D eigenvalue weighted by Gasteiger charge is 2.06. The summed E-state index contributed by atoms with van der Waals surface area (Å²) in [6, 6.07) is 8.62. The Morgan fingerprint density at radius 1 is 1.25 bits per heavy atom. The number of aromatic amines is 1. The summed E-state index contributed by atoms with van der Waals surface area (Å²) in [5, 5.41) is 7.46. The second-order valence-corrected chi connectivity index (χ2v) is 6.78. The van der Waals surface area contributed by atoms with Gasteiger partial charge in [-0.05, 0) is 49.6 Å². The molecule has 0 unspecified atom stereocenters. The molecule has 0 radical (unpaired) electrons. The van der Waals surface area contributed by atoms with Gasteiger partial charge in [-0.3, -0.25) is 4.99 Å². The van der Waals surface area contributed by atoms with Gasteiger partial charge in [0.2, 0.25) is 5.88 Å². The van der Waals surface area contributed by atoms with Crippen molar-refractivity contribution in [3.05, 3.63) is 59.7 Å². The fraction of sp³-hybridized carbons (Fsp3) is 0.333. The van der Waals surface area contributed by atoms with Gasteiger partial charge < -0.3 is 20.4 Å². The zero-order chi connectivity index (χ0) is 19.9. The second kappa shape index (κ2) is 9.21. The van der Waals surface area contributed by atoms with E-state index in [9.17, 15) is 4.39 Å². The van der Waals surface area contributed by atoms with Crippen LogP contribution in [0.4, 0.5) is 4.39 Å². The lowest BCUT2D eigenvalue weighted by Crippen LogP contribution is -2.37. The Morgan fingerprint density at radius 2 is 2.11 bits per heavy atom. The molecule has 148 valence electrons. The lowest BCUT2D eigenvalue weighted by Gasteiger charge is -2.12. The van der Waals surface area contributed by atoms with E-state index in [0.29, 0.717) is 24.9 Å². The first-order chi connectivity index (χ1) is 13.5. The molecule has 6 nitrogen and oxygen atoms in total. The number of hydrogen-bond donors (Lipinski definition) is 3. The van der Waals surface area contributed by atoms with Crippen molar-refractivity contribution in [2.45, 2.75) is 32.9 Å². The number of aromatic nitrogens is 2. The minimum absolute atomic E-state index is 0.105. The smallest absolute Gasteiger partial charge is 0.213 e. The number of rotatable bonds is 7. The van der Waals surface area contributed by atoms with E-state index in [0.717, 1.165) is 28.5 Å². The highest BCUT2D eigenvalue weighted by atomic mass is 19.1. The Hall–Kier alpha value is -3.09. The van der Waals surface area contributed by atoms with Crippen molar-refractivity contribution < 1.29 is 9.13 Å². The summed E-state index contributed by atoms with van der Waals surface area (Å²) in [4.78, 5) is 11.7. The number of guanidine groups is 1. The predicted octanol–water partition coefficient (Wildman–Crippen LogP) is 3.40. The van der Waals surface area contributed by atoms with Crippen LogP contribution in [0.3, 0.4) is 0 Å². The standard InChI is InChI=1S/C21H26FN5O/c1-14(2)28-20-7-4-15(11-26-20)12-27-21(23-3)24-9-8-16-13-25-19-6-5-17(22)10-18(16)19/h4-7,10-11,13-14,25H,8-9,12H2,1-3H3,(H2,23,24,27). The number of hydrogen-bond acceptors (Lipinski definition) is 3. The van der Waals surface area contributed by atoms with Crippen molar-refractivity contribution in [1.29, 1.82) is 0 Å². The minimum atomic E-state index is -0.225. The maximum absolute atomic E-state index is 13.5. The molecule has 0 bridgehead atoms. The van der Waals surface area contributed by atoms with Crippen LogP contribution in [0.2, 0.25) is 0 Å². The predicted molar refractivity (Wildman–Crippen MR) is 110 cm³/mol. The van der Waals surface area contributed by atoms with E-state index in [2.05, 4.69) is 25.6 Å². The van der Waals surface area contributed by atoms with Crippen LogP contribution in [0.15, 0.2) is 47.7 Å². The normalized spacial score (nSPS) is 11.8. The van der Waals surface area contributed by atoms with E-state index in [1.807, 2.05) is 32.2 Å². The van der Waals surface area contributed by atoms with E-state index in [1.165, 1.54) is 6.07 Å². The number of halogens is 1. The van der Waals surface area contributed by atoms with Crippen molar-refractivity contribution in [2.75, 3.05) is 13.6 Å². The zero-order valence-electron chi connectivity index (χ0n) is 16.4. The van der Waals surface area contributed by atoms with Crippen LogP contribution in [0, 0.1) is 5.82 Å². The third kappa shape index (κ3) is 5.22. The number of nitrogens with zero attached hydrogens (tertiary/aromatic N) is 2. The summed E-state index contributed by atoms with van der Waals surface area (Å²) in [6.45, 7) is 5.23. The number of ether oxygens (including phenoxy) is 1. The van der Waals surface area contributed by atoms with Gasteiger partial charge in [-0.15, -0.1) is 0 Å². The quantitative estimate of drug-likeness (QED) is 0.432. The number of aliphatic imine (C=N–C) groups is 1. The van der Waals surface area contributed by atoms with E-state index >= 15 is 0 Å². The first-order valence-corrected chi connectivity index (χ1v) is 9.37. The van der Waals surface area contributed by atoms with Gasteiger partial charge >= 0.3 is 0 Å². The number of H-pyrrole nitrogens is 1.